The Morgan fingerprint density at radius 2 is 1.88 bits per heavy atom. The van der Waals surface area contributed by atoms with E-state index in [1.807, 2.05) is 0 Å². The van der Waals surface area contributed by atoms with Crippen LogP contribution in [0.4, 0.5) is 0 Å². The van der Waals surface area contributed by atoms with Crippen molar-refractivity contribution in [3.8, 4) is 0 Å². The predicted molar refractivity (Wildman–Crippen MR) is 118 cm³/mol. The maximum absolute atomic E-state index is 11.2. The number of primary amides is 1. The second-order valence-electron chi connectivity index (χ2n) is 7.30. The van der Waals surface area contributed by atoms with Gasteiger partial charge in [-0.1, -0.05) is 6.92 Å². The van der Waals surface area contributed by atoms with E-state index in [1.54, 1.807) is 0 Å². The fourth-order valence-corrected chi connectivity index (χ4v) is 3.90. The third-order valence-electron chi connectivity index (χ3n) is 5.57. The van der Waals surface area contributed by atoms with Gasteiger partial charge < -0.3 is 21.7 Å². The van der Waals surface area contributed by atoms with Crippen LogP contribution in [0, 0.1) is 5.92 Å². The molecule has 1 unspecified atom stereocenters. The number of unbranched alkanes of at least 4 members (excludes halogenated alkanes) is 1. The summed E-state index contributed by atoms with van der Waals surface area (Å²) in [6.07, 6.45) is 6.53. The molecular formula is C18H37IN6O. The van der Waals surface area contributed by atoms with Crippen molar-refractivity contribution in [3.05, 3.63) is 0 Å². The van der Waals surface area contributed by atoms with Gasteiger partial charge in [0.2, 0.25) is 5.91 Å². The molecule has 0 radical (unpaired) electrons. The van der Waals surface area contributed by atoms with Gasteiger partial charge in [0.15, 0.2) is 5.96 Å². The molecule has 2 saturated heterocycles. The summed E-state index contributed by atoms with van der Waals surface area (Å²) in [6.45, 7) is 9.24. The van der Waals surface area contributed by atoms with Gasteiger partial charge in [-0.3, -0.25) is 14.7 Å². The van der Waals surface area contributed by atoms with Crippen molar-refractivity contribution in [2.45, 2.75) is 51.5 Å². The number of hydrogen-bond donors (Lipinski definition) is 3. The third kappa shape index (κ3) is 7.96. The molecule has 2 heterocycles. The molecule has 152 valence electrons. The number of likely N-dealkylation sites (tertiary alicyclic amines) is 2. The minimum atomic E-state index is -0.140. The molecule has 1 amide bonds. The number of guanidine groups is 1. The fourth-order valence-electron chi connectivity index (χ4n) is 3.90. The number of nitrogens with zero attached hydrogens (tertiary/aromatic N) is 3. The van der Waals surface area contributed by atoms with E-state index in [9.17, 15) is 4.79 Å². The van der Waals surface area contributed by atoms with E-state index in [0.717, 1.165) is 65.0 Å². The van der Waals surface area contributed by atoms with Gasteiger partial charge in [0.25, 0.3) is 0 Å². The number of likely N-dealkylation sites (N-methyl/N-ethyl adjacent to an activating group) is 1. The van der Waals surface area contributed by atoms with Gasteiger partial charge >= 0.3 is 0 Å². The fraction of sp³-hybridized carbons (Fsp3) is 0.889. The SMILES string of the molecule is CCN1CCCC1CN=C(N)NCCCCN1CCC(C(N)=O)CC1.I. The van der Waals surface area contributed by atoms with Gasteiger partial charge in [0.1, 0.15) is 0 Å². The lowest BCUT2D eigenvalue weighted by molar-refractivity contribution is -0.123. The Morgan fingerprint density at radius 3 is 2.54 bits per heavy atom. The number of carbonyl (C=O) groups excluding carboxylic acids is 1. The second-order valence-corrected chi connectivity index (χ2v) is 7.30. The molecule has 0 aromatic rings. The van der Waals surface area contributed by atoms with Crippen LogP contribution in [-0.2, 0) is 4.79 Å². The number of halogens is 1. The van der Waals surface area contributed by atoms with Crippen molar-refractivity contribution in [3.63, 3.8) is 0 Å². The number of piperidine rings is 1. The molecule has 0 aromatic heterocycles. The highest BCUT2D eigenvalue weighted by atomic mass is 127. The summed E-state index contributed by atoms with van der Waals surface area (Å²) in [4.78, 5) is 20.6. The molecule has 8 heteroatoms. The zero-order valence-corrected chi connectivity index (χ0v) is 18.5. The summed E-state index contributed by atoms with van der Waals surface area (Å²) < 4.78 is 0. The van der Waals surface area contributed by atoms with E-state index in [-0.39, 0.29) is 35.8 Å². The van der Waals surface area contributed by atoms with Gasteiger partial charge in [0.05, 0.1) is 6.54 Å². The first-order chi connectivity index (χ1) is 12.1. The standard InChI is InChI=1S/C18H36N6O.HI/c1-2-24-11-5-6-16(24)14-22-18(20)21-9-3-4-10-23-12-7-15(8-13-23)17(19)25;/h15-16H,2-14H2,1H3,(H2,19,25)(H3,20,21,22);1H. The number of amides is 1. The molecule has 2 aliphatic rings. The molecule has 0 aliphatic carbocycles. The quantitative estimate of drug-likeness (QED) is 0.198. The van der Waals surface area contributed by atoms with E-state index in [1.165, 1.54) is 19.4 Å². The van der Waals surface area contributed by atoms with Crippen molar-refractivity contribution in [2.24, 2.45) is 22.4 Å². The van der Waals surface area contributed by atoms with Crippen LogP contribution in [0.2, 0.25) is 0 Å². The summed E-state index contributed by atoms with van der Waals surface area (Å²) >= 11 is 0. The lowest BCUT2D eigenvalue weighted by atomic mass is 9.96. The first kappa shape index (κ1) is 23.4. The van der Waals surface area contributed by atoms with Crippen LogP contribution in [0.25, 0.3) is 0 Å². The van der Waals surface area contributed by atoms with Crippen LogP contribution in [-0.4, -0.2) is 73.5 Å². The third-order valence-corrected chi connectivity index (χ3v) is 5.57. The van der Waals surface area contributed by atoms with Gasteiger partial charge in [-0.05, 0) is 71.2 Å². The van der Waals surface area contributed by atoms with Crippen LogP contribution >= 0.6 is 24.0 Å². The van der Waals surface area contributed by atoms with E-state index in [4.69, 9.17) is 11.5 Å². The predicted octanol–water partition coefficient (Wildman–Crippen LogP) is 0.971. The topological polar surface area (TPSA) is 100.0 Å². The number of carbonyl (C=O) groups is 1. The van der Waals surface area contributed by atoms with Crippen molar-refractivity contribution in [2.75, 3.05) is 45.8 Å². The highest BCUT2D eigenvalue weighted by molar-refractivity contribution is 14.0. The van der Waals surface area contributed by atoms with Crippen LogP contribution in [0.3, 0.4) is 0 Å². The van der Waals surface area contributed by atoms with Crippen LogP contribution in [0.1, 0.15) is 45.4 Å². The monoisotopic (exact) mass is 480 g/mol. The lowest BCUT2D eigenvalue weighted by Crippen LogP contribution is -2.39. The summed E-state index contributed by atoms with van der Waals surface area (Å²) in [5.41, 5.74) is 11.3. The van der Waals surface area contributed by atoms with E-state index in [2.05, 4.69) is 27.0 Å². The smallest absolute Gasteiger partial charge is 0.220 e. The lowest BCUT2D eigenvalue weighted by Gasteiger charge is -2.30. The van der Waals surface area contributed by atoms with Crippen molar-refractivity contribution < 1.29 is 4.79 Å². The zero-order chi connectivity index (χ0) is 18.1. The second kappa shape index (κ2) is 12.7. The Bertz CT molecular complexity index is 439. The molecular weight excluding hydrogens is 443 g/mol. The van der Waals surface area contributed by atoms with Crippen LogP contribution in [0.15, 0.2) is 4.99 Å². The first-order valence-corrected chi connectivity index (χ1v) is 9.89. The number of hydrogen-bond acceptors (Lipinski definition) is 4. The van der Waals surface area contributed by atoms with Crippen LogP contribution in [0.5, 0.6) is 0 Å². The molecule has 7 nitrogen and oxygen atoms in total. The normalized spacial score (nSPS) is 23.0. The summed E-state index contributed by atoms with van der Waals surface area (Å²) in [7, 11) is 0. The van der Waals surface area contributed by atoms with Gasteiger partial charge in [0, 0.05) is 18.5 Å². The maximum Gasteiger partial charge on any atom is 0.220 e. The Balaban J connectivity index is 0.00000338. The Morgan fingerprint density at radius 1 is 1.15 bits per heavy atom. The molecule has 26 heavy (non-hydrogen) atoms. The van der Waals surface area contributed by atoms with Gasteiger partial charge in [-0.15, -0.1) is 24.0 Å². The summed E-state index contributed by atoms with van der Waals surface area (Å²) in [6, 6.07) is 0.564. The highest BCUT2D eigenvalue weighted by Gasteiger charge is 2.23. The molecule has 2 rings (SSSR count). The summed E-state index contributed by atoms with van der Waals surface area (Å²) in [5.74, 6) is 0.515. The first-order valence-electron chi connectivity index (χ1n) is 9.89. The molecule has 0 aromatic carbocycles. The average Bonchev–Trinajstić information content (AvgIpc) is 3.07. The van der Waals surface area contributed by atoms with Crippen LogP contribution < -0.4 is 16.8 Å². The Hall–Kier alpha value is -0.610. The number of nitrogens with two attached hydrogens (primary N) is 2. The maximum atomic E-state index is 11.2. The largest absolute Gasteiger partial charge is 0.370 e. The van der Waals surface area contributed by atoms with E-state index >= 15 is 0 Å². The number of rotatable bonds is 9. The average molecular weight is 480 g/mol. The van der Waals surface area contributed by atoms with Gasteiger partial charge in [-0.2, -0.15) is 0 Å². The molecule has 0 saturated carbocycles. The van der Waals surface area contributed by atoms with Crippen molar-refractivity contribution in [1.29, 1.82) is 0 Å². The Kier molecular flexibility index (Phi) is 11.5. The molecule has 5 N–H and O–H groups in total. The molecule has 0 bridgehead atoms. The number of aliphatic imine (C=N–C) groups is 1. The molecule has 2 fully saturated rings. The molecule has 1 atom stereocenters. The van der Waals surface area contributed by atoms with E-state index < -0.39 is 0 Å². The van der Waals surface area contributed by atoms with E-state index in [0.29, 0.717) is 12.0 Å². The molecule has 0 spiro atoms. The van der Waals surface area contributed by atoms with Crippen molar-refractivity contribution >= 4 is 35.8 Å². The summed E-state index contributed by atoms with van der Waals surface area (Å²) in [5, 5.41) is 3.23. The highest BCUT2D eigenvalue weighted by Crippen LogP contribution is 2.17. The van der Waals surface area contributed by atoms with Gasteiger partial charge in [-0.25, -0.2) is 0 Å². The minimum absolute atomic E-state index is 0. The number of nitrogens with one attached hydrogen (secondary N) is 1. The zero-order valence-electron chi connectivity index (χ0n) is 16.2. The Labute approximate surface area is 175 Å². The minimum Gasteiger partial charge on any atom is -0.370 e. The molecule has 2 aliphatic heterocycles. The van der Waals surface area contributed by atoms with Crippen molar-refractivity contribution in [1.82, 2.24) is 15.1 Å².